The summed E-state index contributed by atoms with van der Waals surface area (Å²) in [6.45, 7) is 5.64. The fourth-order valence-corrected chi connectivity index (χ4v) is 2.19. The van der Waals surface area contributed by atoms with Crippen molar-refractivity contribution in [2.45, 2.75) is 25.7 Å². The van der Waals surface area contributed by atoms with E-state index in [0.29, 0.717) is 12.8 Å². The fraction of sp³-hybridized carbons (Fsp3) is 0.294. The first kappa shape index (κ1) is 14.7. The first-order valence-electron chi connectivity index (χ1n) is 6.33. The third kappa shape index (κ3) is 3.33. The van der Waals surface area contributed by atoms with Gasteiger partial charge in [-0.25, -0.2) is 0 Å². The Hall–Kier alpha value is -2.32. The molecule has 0 radical (unpaired) electrons. The van der Waals surface area contributed by atoms with Crippen LogP contribution in [0.2, 0.25) is 0 Å². The molecule has 0 aliphatic carbocycles. The summed E-state index contributed by atoms with van der Waals surface area (Å²) in [4.78, 5) is 0. The van der Waals surface area contributed by atoms with Crippen molar-refractivity contribution in [3.8, 4) is 12.1 Å². The zero-order valence-corrected chi connectivity index (χ0v) is 11.2. The Labute approximate surface area is 115 Å². The van der Waals surface area contributed by atoms with Crippen LogP contribution in [0.3, 0.4) is 0 Å². The van der Waals surface area contributed by atoms with E-state index >= 15 is 0 Å². The van der Waals surface area contributed by atoms with Crippen LogP contribution in [0.1, 0.15) is 31.2 Å². The van der Waals surface area contributed by atoms with Gasteiger partial charge in [0.25, 0.3) is 0 Å². The predicted molar refractivity (Wildman–Crippen MR) is 77.1 cm³/mol. The largest absolute Gasteiger partial charge is 0.197 e. The van der Waals surface area contributed by atoms with E-state index in [9.17, 15) is 10.5 Å². The summed E-state index contributed by atoms with van der Waals surface area (Å²) in [6.07, 6.45) is 6.58. The van der Waals surface area contributed by atoms with Crippen molar-refractivity contribution in [3.63, 3.8) is 0 Å². The molecule has 2 nitrogen and oxygen atoms in total. The van der Waals surface area contributed by atoms with Gasteiger partial charge in [0.1, 0.15) is 0 Å². The maximum atomic E-state index is 9.52. The molecule has 1 rings (SSSR count). The Morgan fingerprint density at radius 1 is 1.26 bits per heavy atom. The summed E-state index contributed by atoms with van der Waals surface area (Å²) in [6, 6.07) is 14.2. The third-order valence-electron chi connectivity index (χ3n) is 3.27. The molecule has 0 saturated carbocycles. The molecule has 0 amide bonds. The average molecular weight is 250 g/mol. The lowest BCUT2D eigenvalue weighted by atomic mass is 9.70. The summed E-state index contributed by atoms with van der Waals surface area (Å²) in [5.41, 5.74) is -0.0304. The summed E-state index contributed by atoms with van der Waals surface area (Å²) < 4.78 is 0. The molecule has 0 aromatic heterocycles. The van der Waals surface area contributed by atoms with Crippen LogP contribution < -0.4 is 0 Å². The van der Waals surface area contributed by atoms with Crippen molar-refractivity contribution in [3.05, 3.63) is 60.7 Å². The Morgan fingerprint density at radius 3 is 2.37 bits per heavy atom. The smallest absolute Gasteiger partial charge is 0.154 e. The normalized spacial score (nSPS) is 12.6. The quantitative estimate of drug-likeness (QED) is 0.705. The summed E-state index contributed by atoms with van der Waals surface area (Å²) in [7, 11) is 0. The van der Waals surface area contributed by atoms with E-state index in [0.717, 1.165) is 5.56 Å². The molecule has 0 spiro atoms. The molecule has 1 unspecified atom stereocenters. The van der Waals surface area contributed by atoms with E-state index in [4.69, 9.17) is 0 Å². The second-order valence-corrected chi connectivity index (χ2v) is 4.46. The van der Waals surface area contributed by atoms with Crippen molar-refractivity contribution < 1.29 is 0 Å². The van der Waals surface area contributed by atoms with E-state index < -0.39 is 5.41 Å². The highest BCUT2D eigenvalue weighted by molar-refractivity contribution is 5.32. The molecule has 19 heavy (non-hydrogen) atoms. The molecular formula is C17H18N2. The lowest BCUT2D eigenvalue weighted by Crippen LogP contribution is -2.25. The number of benzene rings is 1. The zero-order chi connectivity index (χ0) is 14.1. The van der Waals surface area contributed by atoms with Crippen LogP contribution >= 0.6 is 0 Å². The Morgan fingerprint density at radius 2 is 1.89 bits per heavy atom. The Bertz CT molecular complexity index is 500. The zero-order valence-electron chi connectivity index (χ0n) is 11.2. The van der Waals surface area contributed by atoms with E-state index in [1.54, 1.807) is 6.08 Å². The van der Waals surface area contributed by atoms with Crippen LogP contribution in [0, 0.1) is 28.1 Å². The first-order valence-corrected chi connectivity index (χ1v) is 6.33. The van der Waals surface area contributed by atoms with Gasteiger partial charge in [0.15, 0.2) is 5.41 Å². The molecular weight excluding hydrogens is 232 g/mol. The molecule has 0 N–H and O–H groups in total. The molecule has 0 heterocycles. The minimum atomic E-state index is -1.04. The SMILES string of the molecule is C=CCC(c1ccccc1)C(C#N)(C#N)C/C=C/C. The first-order chi connectivity index (χ1) is 9.24. The number of allylic oxidation sites excluding steroid dienone is 3. The molecule has 1 aromatic rings. The van der Waals surface area contributed by atoms with Gasteiger partial charge in [0.2, 0.25) is 0 Å². The van der Waals surface area contributed by atoms with Crippen LogP contribution in [0.5, 0.6) is 0 Å². The van der Waals surface area contributed by atoms with E-state index in [1.165, 1.54) is 0 Å². The van der Waals surface area contributed by atoms with Crippen molar-refractivity contribution in [1.29, 1.82) is 10.5 Å². The second kappa shape index (κ2) is 7.19. The summed E-state index contributed by atoms with van der Waals surface area (Å²) in [5, 5.41) is 19.0. The number of rotatable bonds is 6. The molecule has 96 valence electrons. The van der Waals surface area contributed by atoms with Crippen molar-refractivity contribution in [2.75, 3.05) is 0 Å². The lowest BCUT2D eigenvalue weighted by molar-refractivity contribution is 0.415. The maximum absolute atomic E-state index is 9.52. The molecule has 1 aromatic carbocycles. The van der Waals surface area contributed by atoms with Gasteiger partial charge in [0, 0.05) is 5.92 Å². The van der Waals surface area contributed by atoms with Crippen LogP contribution in [-0.2, 0) is 0 Å². The van der Waals surface area contributed by atoms with Gasteiger partial charge < -0.3 is 0 Å². The van der Waals surface area contributed by atoms with Gasteiger partial charge in [-0.05, 0) is 25.3 Å². The molecule has 0 aliphatic heterocycles. The van der Waals surface area contributed by atoms with Crippen LogP contribution in [0.4, 0.5) is 0 Å². The van der Waals surface area contributed by atoms with E-state index in [-0.39, 0.29) is 5.92 Å². The van der Waals surface area contributed by atoms with Gasteiger partial charge in [-0.3, -0.25) is 0 Å². The molecule has 0 saturated heterocycles. The van der Waals surface area contributed by atoms with Gasteiger partial charge in [-0.15, -0.1) is 6.58 Å². The standard InChI is InChI=1S/C17H18N2/c1-3-5-12-17(13-18,14-19)16(9-4-2)15-10-7-6-8-11-15/h3-8,10-11,16H,2,9,12H2,1H3/b5-3+. The molecule has 2 heteroatoms. The van der Waals surface area contributed by atoms with Gasteiger partial charge in [-0.2, -0.15) is 10.5 Å². The van der Waals surface area contributed by atoms with Crippen LogP contribution in [0.25, 0.3) is 0 Å². The monoisotopic (exact) mass is 250 g/mol. The molecule has 0 fully saturated rings. The predicted octanol–water partition coefficient (Wildman–Crippen LogP) is 4.35. The van der Waals surface area contributed by atoms with E-state index in [1.807, 2.05) is 49.4 Å². The van der Waals surface area contributed by atoms with Gasteiger partial charge >= 0.3 is 0 Å². The van der Waals surface area contributed by atoms with Gasteiger partial charge in [0.05, 0.1) is 12.1 Å². The van der Waals surface area contributed by atoms with Crippen LogP contribution in [-0.4, -0.2) is 0 Å². The third-order valence-corrected chi connectivity index (χ3v) is 3.27. The minimum Gasteiger partial charge on any atom is -0.197 e. The Balaban J connectivity index is 3.25. The van der Waals surface area contributed by atoms with Gasteiger partial charge in [-0.1, -0.05) is 48.6 Å². The topological polar surface area (TPSA) is 47.6 Å². The second-order valence-electron chi connectivity index (χ2n) is 4.46. The van der Waals surface area contributed by atoms with Crippen molar-refractivity contribution in [1.82, 2.24) is 0 Å². The van der Waals surface area contributed by atoms with Crippen molar-refractivity contribution >= 4 is 0 Å². The van der Waals surface area contributed by atoms with Crippen molar-refractivity contribution in [2.24, 2.45) is 5.41 Å². The highest BCUT2D eigenvalue weighted by atomic mass is 14.5. The van der Waals surface area contributed by atoms with E-state index in [2.05, 4.69) is 18.7 Å². The Kier molecular flexibility index (Phi) is 5.58. The highest BCUT2D eigenvalue weighted by Crippen LogP contribution is 2.41. The number of nitriles is 2. The molecule has 0 aliphatic rings. The molecule has 1 atom stereocenters. The summed E-state index contributed by atoms with van der Waals surface area (Å²) >= 11 is 0. The van der Waals surface area contributed by atoms with Crippen LogP contribution in [0.15, 0.2) is 55.1 Å². The number of nitrogens with zero attached hydrogens (tertiary/aromatic N) is 2. The average Bonchev–Trinajstić information content (AvgIpc) is 2.48. The summed E-state index contributed by atoms with van der Waals surface area (Å²) in [5.74, 6) is -0.155. The molecule has 0 bridgehead atoms. The highest BCUT2D eigenvalue weighted by Gasteiger charge is 2.38. The fourth-order valence-electron chi connectivity index (χ4n) is 2.19. The lowest BCUT2D eigenvalue weighted by Gasteiger charge is -2.28. The number of hydrogen-bond acceptors (Lipinski definition) is 2. The maximum Gasteiger partial charge on any atom is 0.154 e. The minimum absolute atomic E-state index is 0.155. The number of hydrogen-bond donors (Lipinski definition) is 0.